The number of hydrogen-bond donors (Lipinski definition) is 1. The van der Waals surface area contributed by atoms with Crippen LogP contribution in [0.2, 0.25) is 0 Å². The molecule has 0 bridgehead atoms. The van der Waals surface area contributed by atoms with Crippen LogP contribution in [0.3, 0.4) is 0 Å². The largest absolute Gasteiger partial charge is 0.361 e. The summed E-state index contributed by atoms with van der Waals surface area (Å²) in [5.41, 5.74) is 1.60. The van der Waals surface area contributed by atoms with Gasteiger partial charge in [-0.15, -0.1) is 0 Å². The molecule has 0 saturated heterocycles. The SMILES string of the molecule is O=C(c1cccc2[nH]ccc12)N1CCn2c(nn(CC3CC3)c2=O)C1. The van der Waals surface area contributed by atoms with Gasteiger partial charge in [-0.05, 0) is 37.0 Å². The predicted molar refractivity (Wildman–Crippen MR) is 92.3 cm³/mol. The lowest BCUT2D eigenvalue weighted by atomic mass is 10.1. The fourth-order valence-electron chi connectivity index (χ4n) is 3.58. The van der Waals surface area contributed by atoms with E-state index >= 15 is 0 Å². The first-order valence-electron chi connectivity index (χ1n) is 8.72. The fraction of sp³-hybridized carbons (Fsp3) is 0.389. The summed E-state index contributed by atoms with van der Waals surface area (Å²) < 4.78 is 3.29. The Morgan fingerprint density at radius 3 is 2.96 bits per heavy atom. The van der Waals surface area contributed by atoms with Crippen molar-refractivity contribution in [2.24, 2.45) is 5.92 Å². The smallest absolute Gasteiger partial charge is 0.346 e. The van der Waals surface area contributed by atoms with Crippen LogP contribution >= 0.6 is 0 Å². The second-order valence-electron chi connectivity index (χ2n) is 6.95. The number of nitrogens with one attached hydrogen (secondary N) is 1. The third kappa shape index (κ3) is 2.38. The summed E-state index contributed by atoms with van der Waals surface area (Å²) in [5, 5.41) is 5.40. The molecule has 25 heavy (non-hydrogen) atoms. The normalized spacial score (nSPS) is 17.0. The van der Waals surface area contributed by atoms with Crippen molar-refractivity contribution in [3.05, 3.63) is 52.3 Å². The molecule has 0 spiro atoms. The van der Waals surface area contributed by atoms with E-state index in [-0.39, 0.29) is 11.6 Å². The predicted octanol–water partition coefficient (Wildman–Crippen LogP) is 1.59. The maximum absolute atomic E-state index is 13.0. The Morgan fingerprint density at radius 1 is 1.24 bits per heavy atom. The van der Waals surface area contributed by atoms with Crippen LogP contribution in [0.1, 0.15) is 29.0 Å². The highest BCUT2D eigenvalue weighted by Crippen LogP contribution is 2.30. The molecule has 2 aliphatic rings. The number of carbonyl (C=O) groups excluding carboxylic acids is 1. The Kier molecular flexibility index (Phi) is 3.10. The molecule has 1 N–H and O–H groups in total. The van der Waals surface area contributed by atoms with E-state index in [1.54, 1.807) is 14.1 Å². The summed E-state index contributed by atoms with van der Waals surface area (Å²) >= 11 is 0. The van der Waals surface area contributed by atoms with Crippen molar-refractivity contribution in [2.75, 3.05) is 6.54 Å². The van der Waals surface area contributed by atoms with Crippen LogP contribution in [0.5, 0.6) is 0 Å². The zero-order valence-corrected chi connectivity index (χ0v) is 13.8. The number of H-pyrrole nitrogens is 1. The van der Waals surface area contributed by atoms with Crippen LogP contribution in [0.25, 0.3) is 10.9 Å². The number of carbonyl (C=O) groups is 1. The van der Waals surface area contributed by atoms with Crippen LogP contribution in [0, 0.1) is 5.92 Å². The van der Waals surface area contributed by atoms with E-state index in [4.69, 9.17) is 0 Å². The summed E-state index contributed by atoms with van der Waals surface area (Å²) in [4.78, 5) is 30.3. The molecule has 1 fully saturated rings. The molecule has 1 aliphatic carbocycles. The Balaban J connectivity index is 1.44. The molecule has 1 aliphatic heterocycles. The van der Waals surface area contributed by atoms with E-state index in [0.29, 0.717) is 43.5 Å². The Hall–Kier alpha value is -2.83. The third-order valence-corrected chi connectivity index (χ3v) is 5.17. The van der Waals surface area contributed by atoms with E-state index in [2.05, 4.69) is 10.1 Å². The zero-order valence-electron chi connectivity index (χ0n) is 13.8. The van der Waals surface area contributed by atoms with Crippen molar-refractivity contribution in [3.63, 3.8) is 0 Å². The molecular weight excluding hydrogens is 318 g/mol. The lowest BCUT2D eigenvalue weighted by Crippen LogP contribution is -2.41. The maximum Gasteiger partial charge on any atom is 0.346 e. The first-order valence-corrected chi connectivity index (χ1v) is 8.72. The van der Waals surface area contributed by atoms with Gasteiger partial charge in [0.05, 0.1) is 6.54 Å². The molecule has 1 amide bonds. The summed E-state index contributed by atoms with van der Waals surface area (Å²) in [6, 6.07) is 7.62. The van der Waals surface area contributed by atoms with Crippen LogP contribution in [-0.4, -0.2) is 36.7 Å². The van der Waals surface area contributed by atoms with Gasteiger partial charge < -0.3 is 9.88 Å². The van der Waals surface area contributed by atoms with Gasteiger partial charge in [-0.2, -0.15) is 5.10 Å². The minimum Gasteiger partial charge on any atom is -0.361 e. The van der Waals surface area contributed by atoms with E-state index in [9.17, 15) is 9.59 Å². The number of benzene rings is 1. The van der Waals surface area contributed by atoms with Crippen LogP contribution in [0.4, 0.5) is 0 Å². The summed E-state index contributed by atoms with van der Waals surface area (Å²) in [6.45, 7) is 2.12. The topological polar surface area (TPSA) is 75.9 Å². The molecule has 0 atom stereocenters. The van der Waals surface area contributed by atoms with Crippen molar-refractivity contribution in [3.8, 4) is 0 Å². The Labute approximate surface area is 143 Å². The number of hydrogen-bond acceptors (Lipinski definition) is 3. The van der Waals surface area contributed by atoms with Crippen molar-refractivity contribution in [2.45, 2.75) is 32.5 Å². The number of amides is 1. The van der Waals surface area contributed by atoms with Gasteiger partial charge in [-0.1, -0.05) is 6.07 Å². The molecule has 128 valence electrons. The molecule has 1 aromatic carbocycles. The highest BCUT2D eigenvalue weighted by atomic mass is 16.2. The minimum absolute atomic E-state index is 0.0133. The van der Waals surface area contributed by atoms with Gasteiger partial charge >= 0.3 is 5.69 Å². The molecule has 1 saturated carbocycles. The minimum atomic E-state index is -0.0401. The number of nitrogens with zero attached hydrogens (tertiary/aromatic N) is 4. The van der Waals surface area contributed by atoms with Gasteiger partial charge in [0.25, 0.3) is 5.91 Å². The van der Waals surface area contributed by atoms with Crippen molar-refractivity contribution in [1.82, 2.24) is 24.2 Å². The summed E-state index contributed by atoms with van der Waals surface area (Å²) in [5.74, 6) is 1.27. The lowest BCUT2D eigenvalue weighted by molar-refractivity contribution is 0.0708. The van der Waals surface area contributed by atoms with Gasteiger partial charge in [0, 0.05) is 42.3 Å². The van der Waals surface area contributed by atoms with Crippen molar-refractivity contribution < 1.29 is 4.79 Å². The zero-order chi connectivity index (χ0) is 17.0. The van der Waals surface area contributed by atoms with Gasteiger partial charge in [0.15, 0.2) is 5.82 Å². The molecule has 7 heteroatoms. The quantitative estimate of drug-likeness (QED) is 0.788. The average Bonchev–Trinajstić information content (AvgIpc) is 3.22. The number of aromatic nitrogens is 4. The molecule has 3 heterocycles. The van der Waals surface area contributed by atoms with Gasteiger partial charge in [0.1, 0.15) is 0 Å². The lowest BCUT2D eigenvalue weighted by Gasteiger charge is -2.27. The summed E-state index contributed by atoms with van der Waals surface area (Å²) in [7, 11) is 0. The Bertz CT molecular complexity index is 1020. The first kappa shape index (κ1) is 14.5. The monoisotopic (exact) mass is 337 g/mol. The van der Waals surface area contributed by atoms with Crippen LogP contribution < -0.4 is 5.69 Å². The van der Waals surface area contributed by atoms with Crippen LogP contribution in [0.15, 0.2) is 35.3 Å². The Morgan fingerprint density at radius 2 is 2.12 bits per heavy atom. The molecule has 5 rings (SSSR count). The van der Waals surface area contributed by atoms with Gasteiger partial charge in [-0.25, -0.2) is 9.48 Å². The highest BCUT2D eigenvalue weighted by Gasteiger charge is 2.29. The van der Waals surface area contributed by atoms with E-state index in [0.717, 1.165) is 10.9 Å². The molecular formula is C18H19N5O2. The standard InChI is InChI=1S/C18H19N5O2/c24-17(14-2-1-3-15-13(14)6-7-19-15)21-8-9-22-16(11-21)20-23(18(22)25)10-12-4-5-12/h1-3,6-7,12,19H,4-5,8-11H2. The third-order valence-electron chi connectivity index (χ3n) is 5.17. The van der Waals surface area contributed by atoms with E-state index < -0.39 is 0 Å². The fourth-order valence-corrected chi connectivity index (χ4v) is 3.58. The second kappa shape index (κ2) is 5.34. The van der Waals surface area contributed by atoms with Gasteiger partial charge in [0.2, 0.25) is 0 Å². The van der Waals surface area contributed by atoms with Crippen LogP contribution in [-0.2, 0) is 19.6 Å². The molecule has 0 radical (unpaired) electrons. The van der Waals surface area contributed by atoms with Gasteiger partial charge in [-0.3, -0.25) is 9.36 Å². The maximum atomic E-state index is 13.0. The van der Waals surface area contributed by atoms with Crippen molar-refractivity contribution in [1.29, 1.82) is 0 Å². The molecule has 7 nitrogen and oxygen atoms in total. The number of aromatic amines is 1. The van der Waals surface area contributed by atoms with E-state index in [1.807, 2.05) is 30.5 Å². The highest BCUT2D eigenvalue weighted by molar-refractivity contribution is 6.06. The van der Waals surface area contributed by atoms with E-state index in [1.165, 1.54) is 12.8 Å². The summed E-state index contributed by atoms with van der Waals surface area (Å²) in [6.07, 6.45) is 4.20. The molecule has 0 unspecified atom stereocenters. The number of rotatable bonds is 3. The second-order valence-corrected chi connectivity index (χ2v) is 6.95. The molecule has 3 aromatic rings. The van der Waals surface area contributed by atoms with Crippen molar-refractivity contribution >= 4 is 16.8 Å². The first-order chi connectivity index (χ1) is 12.2. The molecule has 2 aromatic heterocycles. The average molecular weight is 337 g/mol. The number of fused-ring (bicyclic) bond motifs is 2.